The molecule has 1 aliphatic carbocycles. The summed E-state index contributed by atoms with van der Waals surface area (Å²) in [6, 6.07) is 4.91. The minimum atomic E-state index is 0.612. The van der Waals surface area contributed by atoms with Crippen LogP contribution in [0.3, 0.4) is 0 Å². The standard InChI is InChI=1S/C15H25N3/c1-4-16-15-9-14(7-8-17-15)11-18(12(2)3)10-13-5-6-13/h7-9,12-13H,4-6,10-11H2,1-3H3,(H,16,17). The fraction of sp³-hybridized carbons (Fsp3) is 0.667. The number of hydrogen-bond donors (Lipinski definition) is 1. The van der Waals surface area contributed by atoms with E-state index in [2.05, 4.69) is 48.1 Å². The van der Waals surface area contributed by atoms with Crippen LogP contribution >= 0.6 is 0 Å². The maximum Gasteiger partial charge on any atom is 0.126 e. The minimum Gasteiger partial charge on any atom is -0.370 e. The number of nitrogens with zero attached hydrogens (tertiary/aromatic N) is 2. The molecule has 0 amide bonds. The van der Waals surface area contributed by atoms with Gasteiger partial charge in [-0.2, -0.15) is 0 Å². The van der Waals surface area contributed by atoms with E-state index in [4.69, 9.17) is 0 Å². The second-order valence-corrected chi connectivity index (χ2v) is 5.55. The molecular formula is C15H25N3. The highest BCUT2D eigenvalue weighted by molar-refractivity contribution is 5.37. The van der Waals surface area contributed by atoms with Crippen LogP contribution in [0.15, 0.2) is 18.3 Å². The maximum atomic E-state index is 4.32. The summed E-state index contributed by atoms with van der Waals surface area (Å²) in [6.45, 7) is 9.88. The van der Waals surface area contributed by atoms with Gasteiger partial charge in [0, 0.05) is 31.9 Å². The third kappa shape index (κ3) is 3.98. The van der Waals surface area contributed by atoms with Gasteiger partial charge >= 0.3 is 0 Å². The van der Waals surface area contributed by atoms with Gasteiger partial charge in [-0.05, 0) is 57.2 Å². The van der Waals surface area contributed by atoms with Crippen molar-refractivity contribution < 1.29 is 0 Å². The highest BCUT2D eigenvalue weighted by Crippen LogP contribution is 2.30. The lowest BCUT2D eigenvalue weighted by Gasteiger charge is -2.26. The van der Waals surface area contributed by atoms with Gasteiger partial charge < -0.3 is 5.32 Å². The molecule has 0 bridgehead atoms. The lowest BCUT2D eigenvalue weighted by atomic mass is 10.2. The molecule has 1 fully saturated rings. The van der Waals surface area contributed by atoms with Gasteiger partial charge in [-0.3, -0.25) is 4.90 Å². The highest BCUT2D eigenvalue weighted by atomic mass is 15.1. The molecule has 3 nitrogen and oxygen atoms in total. The summed E-state index contributed by atoms with van der Waals surface area (Å²) in [5, 5.41) is 3.27. The summed E-state index contributed by atoms with van der Waals surface area (Å²) in [7, 11) is 0. The predicted octanol–water partition coefficient (Wildman–Crippen LogP) is 3.13. The Labute approximate surface area is 111 Å². The quantitative estimate of drug-likeness (QED) is 0.802. The van der Waals surface area contributed by atoms with Crippen molar-refractivity contribution in [3.63, 3.8) is 0 Å². The van der Waals surface area contributed by atoms with Crippen LogP contribution in [0.4, 0.5) is 5.82 Å². The van der Waals surface area contributed by atoms with Gasteiger partial charge in [0.2, 0.25) is 0 Å². The van der Waals surface area contributed by atoms with Crippen LogP contribution < -0.4 is 5.32 Å². The van der Waals surface area contributed by atoms with Crippen molar-refractivity contribution in [1.29, 1.82) is 0 Å². The van der Waals surface area contributed by atoms with Crippen molar-refractivity contribution in [3.8, 4) is 0 Å². The first-order valence-corrected chi connectivity index (χ1v) is 7.12. The van der Waals surface area contributed by atoms with Crippen LogP contribution in [0.5, 0.6) is 0 Å². The minimum absolute atomic E-state index is 0.612. The van der Waals surface area contributed by atoms with E-state index in [-0.39, 0.29) is 0 Å². The van der Waals surface area contributed by atoms with Crippen molar-refractivity contribution in [2.45, 2.75) is 46.2 Å². The highest BCUT2D eigenvalue weighted by Gasteiger charge is 2.25. The Bertz CT molecular complexity index is 372. The first-order chi connectivity index (χ1) is 8.69. The average Bonchev–Trinajstić information content (AvgIpc) is 3.13. The largest absolute Gasteiger partial charge is 0.370 e. The van der Waals surface area contributed by atoms with Gasteiger partial charge in [0.15, 0.2) is 0 Å². The van der Waals surface area contributed by atoms with Gasteiger partial charge in [0.25, 0.3) is 0 Å². The van der Waals surface area contributed by atoms with Gasteiger partial charge in [-0.1, -0.05) is 0 Å². The summed E-state index contributed by atoms with van der Waals surface area (Å²) in [4.78, 5) is 6.90. The zero-order chi connectivity index (χ0) is 13.0. The SMILES string of the molecule is CCNc1cc(CN(CC2CC2)C(C)C)ccn1. The van der Waals surface area contributed by atoms with Crippen molar-refractivity contribution in [1.82, 2.24) is 9.88 Å². The predicted molar refractivity (Wildman–Crippen MR) is 76.7 cm³/mol. The molecule has 0 saturated heterocycles. The van der Waals surface area contributed by atoms with Gasteiger partial charge in [0.1, 0.15) is 5.82 Å². The van der Waals surface area contributed by atoms with Gasteiger partial charge in [-0.25, -0.2) is 4.98 Å². The molecule has 18 heavy (non-hydrogen) atoms. The Morgan fingerprint density at radius 2 is 2.22 bits per heavy atom. The fourth-order valence-corrected chi connectivity index (χ4v) is 2.17. The molecule has 0 atom stereocenters. The van der Waals surface area contributed by atoms with E-state index in [9.17, 15) is 0 Å². The molecule has 1 N–H and O–H groups in total. The lowest BCUT2D eigenvalue weighted by Crippen LogP contribution is -2.32. The summed E-state index contributed by atoms with van der Waals surface area (Å²) >= 11 is 0. The number of aromatic nitrogens is 1. The average molecular weight is 247 g/mol. The number of anilines is 1. The Morgan fingerprint density at radius 1 is 1.44 bits per heavy atom. The second-order valence-electron chi connectivity index (χ2n) is 5.55. The first-order valence-electron chi connectivity index (χ1n) is 7.12. The van der Waals surface area contributed by atoms with E-state index in [0.29, 0.717) is 6.04 Å². The van der Waals surface area contributed by atoms with Gasteiger partial charge in [0.05, 0.1) is 0 Å². The molecule has 0 radical (unpaired) electrons. The topological polar surface area (TPSA) is 28.2 Å². The normalized spacial score (nSPS) is 15.4. The summed E-state index contributed by atoms with van der Waals surface area (Å²) in [5.41, 5.74) is 1.36. The van der Waals surface area contributed by atoms with E-state index in [1.807, 2.05) is 6.20 Å². The molecule has 0 unspecified atom stereocenters. The molecule has 0 spiro atoms. The van der Waals surface area contributed by atoms with E-state index in [1.54, 1.807) is 0 Å². The number of nitrogens with one attached hydrogen (secondary N) is 1. The zero-order valence-electron chi connectivity index (χ0n) is 11.8. The third-order valence-corrected chi connectivity index (χ3v) is 3.49. The number of rotatable bonds is 7. The molecule has 1 heterocycles. The molecule has 1 aromatic rings. The first kappa shape index (κ1) is 13.3. The Balaban J connectivity index is 1.98. The third-order valence-electron chi connectivity index (χ3n) is 3.49. The maximum absolute atomic E-state index is 4.32. The van der Waals surface area contributed by atoms with Crippen molar-refractivity contribution in [3.05, 3.63) is 23.9 Å². The summed E-state index contributed by atoms with van der Waals surface area (Å²) in [6.07, 6.45) is 4.74. The van der Waals surface area contributed by atoms with Crippen molar-refractivity contribution in [2.75, 3.05) is 18.4 Å². The van der Waals surface area contributed by atoms with Crippen LogP contribution in [0, 0.1) is 5.92 Å². The van der Waals surface area contributed by atoms with Crippen LogP contribution in [-0.4, -0.2) is 29.0 Å². The Hall–Kier alpha value is -1.09. The van der Waals surface area contributed by atoms with E-state index in [1.165, 1.54) is 24.9 Å². The molecule has 0 aliphatic heterocycles. The molecule has 3 heteroatoms. The zero-order valence-corrected chi connectivity index (χ0v) is 11.8. The monoisotopic (exact) mass is 247 g/mol. The summed E-state index contributed by atoms with van der Waals surface area (Å²) < 4.78 is 0. The lowest BCUT2D eigenvalue weighted by molar-refractivity contribution is 0.204. The summed E-state index contributed by atoms with van der Waals surface area (Å²) in [5.74, 6) is 1.94. The molecular weight excluding hydrogens is 222 g/mol. The van der Waals surface area contributed by atoms with E-state index >= 15 is 0 Å². The smallest absolute Gasteiger partial charge is 0.126 e. The fourth-order valence-electron chi connectivity index (χ4n) is 2.17. The van der Waals surface area contributed by atoms with Crippen LogP contribution in [0.25, 0.3) is 0 Å². The van der Waals surface area contributed by atoms with Crippen molar-refractivity contribution in [2.24, 2.45) is 5.92 Å². The van der Waals surface area contributed by atoms with Crippen LogP contribution in [0.2, 0.25) is 0 Å². The van der Waals surface area contributed by atoms with Gasteiger partial charge in [-0.15, -0.1) is 0 Å². The van der Waals surface area contributed by atoms with Crippen LogP contribution in [0.1, 0.15) is 39.2 Å². The Morgan fingerprint density at radius 3 is 2.83 bits per heavy atom. The molecule has 2 rings (SSSR count). The second kappa shape index (κ2) is 6.19. The van der Waals surface area contributed by atoms with E-state index in [0.717, 1.165) is 24.8 Å². The van der Waals surface area contributed by atoms with E-state index < -0.39 is 0 Å². The molecule has 1 aromatic heterocycles. The van der Waals surface area contributed by atoms with Crippen LogP contribution in [-0.2, 0) is 6.54 Å². The number of hydrogen-bond acceptors (Lipinski definition) is 3. The molecule has 1 saturated carbocycles. The molecule has 0 aromatic carbocycles. The molecule has 100 valence electrons. The number of pyridine rings is 1. The molecule has 1 aliphatic rings. The van der Waals surface area contributed by atoms with Crippen molar-refractivity contribution >= 4 is 5.82 Å². The Kier molecular flexibility index (Phi) is 4.59.